The van der Waals surface area contributed by atoms with Crippen molar-refractivity contribution in [3.63, 3.8) is 0 Å². The smallest absolute Gasteiger partial charge is 0.449 e. The fourth-order valence-electron chi connectivity index (χ4n) is 3.87. The Bertz CT molecular complexity index is 839. The molecule has 0 spiro atoms. The van der Waals surface area contributed by atoms with Gasteiger partial charge in [-0.25, -0.2) is 9.59 Å². The first-order valence-corrected chi connectivity index (χ1v) is 9.25. The molecule has 1 heterocycles. The number of fused-ring (bicyclic) bond motifs is 3. The minimum absolute atomic E-state index is 0.0234. The summed E-state index contributed by atoms with van der Waals surface area (Å²) in [6, 6.07) is 16.2. The molecule has 0 saturated carbocycles. The van der Waals surface area contributed by atoms with Gasteiger partial charge >= 0.3 is 12.2 Å². The number of carbonyl (C=O) groups excluding carboxylic acids is 2. The highest BCUT2D eigenvalue weighted by Crippen LogP contribution is 2.44. The summed E-state index contributed by atoms with van der Waals surface area (Å²) < 4.78 is 15.0. The Morgan fingerprint density at radius 2 is 1.71 bits per heavy atom. The molecule has 1 saturated heterocycles. The number of carbonyl (C=O) groups is 2. The van der Waals surface area contributed by atoms with E-state index in [1.54, 1.807) is 0 Å². The second-order valence-electron chi connectivity index (χ2n) is 6.87. The van der Waals surface area contributed by atoms with E-state index in [-0.39, 0.29) is 18.6 Å². The van der Waals surface area contributed by atoms with E-state index in [1.807, 2.05) is 24.3 Å². The van der Waals surface area contributed by atoms with Crippen LogP contribution in [-0.2, 0) is 14.2 Å². The van der Waals surface area contributed by atoms with E-state index in [4.69, 9.17) is 9.47 Å². The number of nitrogens with one attached hydrogen (secondary N) is 2. The highest BCUT2D eigenvalue weighted by atomic mass is 16.7. The molecule has 2 N–H and O–H groups in total. The summed E-state index contributed by atoms with van der Waals surface area (Å²) in [6.45, 7) is 0.758. The average molecular weight is 382 g/mol. The summed E-state index contributed by atoms with van der Waals surface area (Å²) in [6.07, 6.45) is -1.25. The van der Waals surface area contributed by atoms with Crippen LogP contribution < -0.4 is 10.6 Å². The molecule has 2 aromatic rings. The highest BCUT2D eigenvalue weighted by molar-refractivity contribution is 5.79. The Kier molecular flexibility index (Phi) is 5.16. The maximum Gasteiger partial charge on any atom is 0.509 e. The number of alkyl carbamates (subject to hydrolysis) is 1. The molecule has 2 aromatic carbocycles. The molecule has 0 aromatic heterocycles. The normalized spacial score (nSPS) is 20.2. The molecule has 7 nitrogen and oxygen atoms in total. The standard InChI is InChI=1S/C21H22N2O5/c1-26-21(25)28-19-10-13(11-22-19)23-20(24)27-12-18-16-8-4-2-6-14(16)15-7-3-5-9-17(15)18/h2-9,13,18-19,22H,10-12H2,1H3,(H,23,24). The lowest BCUT2D eigenvalue weighted by molar-refractivity contribution is 0.0309. The number of benzene rings is 2. The van der Waals surface area contributed by atoms with Gasteiger partial charge in [-0.05, 0) is 22.3 Å². The van der Waals surface area contributed by atoms with E-state index < -0.39 is 18.5 Å². The number of rotatable bonds is 4. The first kappa shape index (κ1) is 18.3. The van der Waals surface area contributed by atoms with E-state index in [0.717, 1.165) is 0 Å². The molecule has 1 aliphatic carbocycles. The molecule has 7 heteroatoms. The Labute approximate surface area is 163 Å². The van der Waals surface area contributed by atoms with Gasteiger partial charge in [0.15, 0.2) is 6.23 Å². The second-order valence-corrected chi connectivity index (χ2v) is 6.87. The minimum Gasteiger partial charge on any atom is -0.449 e. The van der Waals surface area contributed by atoms with Crippen LogP contribution in [0.4, 0.5) is 9.59 Å². The van der Waals surface area contributed by atoms with Gasteiger partial charge in [-0.15, -0.1) is 0 Å². The fourth-order valence-corrected chi connectivity index (χ4v) is 3.87. The number of ether oxygens (including phenoxy) is 3. The predicted octanol–water partition coefficient (Wildman–Crippen LogP) is 3.00. The zero-order chi connectivity index (χ0) is 19.5. The molecule has 0 bridgehead atoms. The lowest BCUT2D eigenvalue weighted by Crippen LogP contribution is -2.37. The average Bonchev–Trinajstić information content (AvgIpc) is 3.28. The topological polar surface area (TPSA) is 85.9 Å². The molecule has 2 aliphatic rings. The SMILES string of the molecule is COC(=O)OC1CC(NC(=O)OCC2c3ccccc3-c3ccccc32)CN1. The maximum absolute atomic E-state index is 12.3. The molecule has 0 radical (unpaired) electrons. The largest absolute Gasteiger partial charge is 0.509 e. The van der Waals surface area contributed by atoms with Crippen molar-refractivity contribution in [2.75, 3.05) is 20.3 Å². The van der Waals surface area contributed by atoms with Gasteiger partial charge in [0.25, 0.3) is 0 Å². The van der Waals surface area contributed by atoms with Gasteiger partial charge in [-0.2, -0.15) is 0 Å². The van der Waals surface area contributed by atoms with Crippen molar-refractivity contribution in [2.24, 2.45) is 0 Å². The molecular formula is C21H22N2O5. The summed E-state index contributed by atoms with van der Waals surface area (Å²) in [5, 5.41) is 5.82. The molecule has 2 atom stereocenters. The Morgan fingerprint density at radius 3 is 2.36 bits per heavy atom. The van der Waals surface area contributed by atoms with Gasteiger partial charge in [0, 0.05) is 24.9 Å². The molecule has 1 fully saturated rings. The molecular weight excluding hydrogens is 360 g/mol. The van der Waals surface area contributed by atoms with Crippen LogP contribution in [0.5, 0.6) is 0 Å². The zero-order valence-corrected chi connectivity index (χ0v) is 15.5. The van der Waals surface area contributed by atoms with Crippen LogP contribution in [0.3, 0.4) is 0 Å². The van der Waals surface area contributed by atoms with Crippen molar-refractivity contribution < 1.29 is 23.8 Å². The van der Waals surface area contributed by atoms with Crippen molar-refractivity contribution in [3.8, 4) is 11.1 Å². The van der Waals surface area contributed by atoms with Gasteiger partial charge in [-0.3, -0.25) is 5.32 Å². The molecule has 2 unspecified atom stereocenters. The summed E-state index contributed by atoms with van der Waals surface area (Å²) in [7, 11) is 1.25. The predicted molar refractivity (Wildman–Crippen MR) is 102 cm³/mol. The van der Waals surface area contributed by atoms with Crippen molar-refractivity contribution in [3.05, 3.63) is 59.7 Å². The van der Waals surface area contributed by atoms with Crippen molar-refractivity contribution >= 4 is 12.2 Å². The molecule has 146 valence electrons. The number of hydrogen-bond acceptors (Lipinski definition) is 6. The van der Waals surface area contributed by atoms with Crippen molar-refractivity contribution in [1.29, 1.82) is 0 Å². The van der Waals surface area contributed by atoms with Crippen molar-refractivity contribution in [1.82, 2.24) is 10.6 Å². The van der Waals surface area contributed by atoms with Gasteiger partial charge in [-0.1, -0.05) is 48.5 Å². The summed E-state index contributed by atoms with van der Waals surface area (Å²) in [5.74, 6) is 0.0234. The van der Waals surface area contributed by atoms with Crippen LogP contribution in [0.2, 0.25) is 0 Å². The van der Waals surface area contributed by atoms with Gasteiger partial charge < -0.3 is 19.5 Å². The summed E-state index contributed by atoms with van der Waals surface area (Å²) >= 11 is 0. The monoisotopic (exact) mass is 382 g/mol. The van der Waals surface area contributed by atoms with Crippen LogP contribution in [0.15, 0.2) is 48.5 Å². The maximum atomic E-state index is 12.3. The first-order chi connectivity index (χ1) is 13.7. The van der Waals surface area contributed by atoms with Crippen LogP contribution in [0.1, 0.15) is 23.5 Å². The lowest BCUT2D eigenvalue weighted by Gasteiger charge is -2.16. The molecule has 28 heavy (non-hydrogen) atoms. The molecule has 1 amide bonds. The lowest BCUT2D eigenvalue weighted by atomic mass is 9.98. The summed E-state index contributed by atoms with van der Waals surface area (Å²) in [4.78, 5) is 23.4. The quantitative estimate of drug-likeness (QED) is 0.791. The number of hydrogen-bond donors (Lipinski definition) is 2. The molecule has 1 aliphatic heterocycles. The highest BCUT2D eigenvalue weighted by Gasteiger charge is 2.31. The first-order valence-electron chi connectivity index (χ1n) is 9.25. The third kappa shape index (κ3) is 3.66. The van der Waals surface area contributed by atoms with Gasteiger partial charge in [0.2, 0.25) is 0 Å². The van der Waals surface area contributed by atoms with E-state index in [1.165, 1.54) is 29.4 Å². The van der Waals surface area contributed by atoms with E-state index in [0.29, 0.717) is 13.0 Å². The van der Waals surface area contributed by atoms with E-state index in [2.05, 4.69) is 39.6 Å². The second kappa shape index (κ2) is 7.90. The molecule has 4 rings (SSSR count). The van der Waals surface area contributed by atoms with Gasteiger partial charge in [0.05, 0.1) is 7.11 Å². The Morgan fingerprint density at radius 1 is 1.07 bits per heavy atom. The van der Waals surface area contributed by atoms with Crippen LogP contribution >= 0.6 is 0 Å². The van der Waals surface area contributed by atoms with Crippen LogP contribution in [-0.4, -0.2) is 44.8 Å². The van der Waals surface area contributed by atoms with E-state index in [9.17, 15) is 9.59 Å². The van der Waals surface area contributed by atoms with Gasteiger partial charge in [0.1, 0.15) is 6.61 Å². The third-order valence-electron chi connectivity index (χ3n) is 5.16. The minimum atomic E-state index is -0.751. The van der Waals surface area contributed by atoms with Crippen LogP contribution in [0, 0.1) is 0 Å². The van der Waals surface area contributed by atoms with E-state index >= 15 is 0 Å². The Balaban J connectivity index is 1.34. The Hall–Kier alpha value is -3.06. The zero-order valence-electron chi connectivity index (χ0n) is 15.5. The number of methoxy groups -OCH3 is 1. The third-order valence-corrected chi connectivity index (χ3v) is 5.16. The van der Waals surface area contributed by atoms with Crippen molar-refractivity contribution in [2.45, 2.75) is 24.6 Å². The summed E-state index contributed by atoms with van der Waals surface area (Å²) in [5.41, 5.74) is 4.72. The fraction of sp³-hybridized carbons (Fsp3) is 0.333. The van der Waals surface area contributed by atoms with Crippen LogP contribution in [0.25, 0.3) is 11.1 Å². The number of amides is 1.